The molecule has 4 rings (SSSR count). The van der Waals surface area contributed by atoms with E-state index in [9.17, 15) is 0 Å². The van der Waals surface area contributed by atoms with Gasteiger partial charge in [-0.1, -0.05) is 53.3 Å². The molecule has 0 spiro atoms. The van der Waals surface area contributed by atoms with Crippen LogP contribution >= 0.6 is 69.6 Å². The topological polar surface area (TPSA) is 63.9 Å². The zero-order valence-electron chi connectivity index (χ0n) is 13.4. The van der Waals surface area contributed by atoms with Gasteiger partial charge in [0.2, 0.25) is 10.6 Å². The third-order valence-corrected chi connectivity index (χ3v) is 5.63. The number of allylic oxidation sites excluding steroid dienone is 1. The van der Waals surface area contributed by atoms with E-state index < -0.39 is 0 Å². The van der Waals surface area contributed by atoms with E-state index in [-0.39, 0.29) is 37.1 Å². The van der Waals surface area contributed by atoms with Crippen LogP contribution in [0, 0.1) is 0 Å². The van der Waals surface area contributed by atoms with Gasteiger partial charge >= 0.3 is 0 Å². The highest BCUT2D eigenvalue weighted by Crippen LogP contribution is 2.43. The fourth-order valence-electron chi connectivity index (χ4n) is 3.17. The Bertz CT molecular complexity index is 1190. The van der Waals surface area contributed by atoms with Crippen LogP contribution in [0.5, 0.6) is 0 Å². The van der Waals surface area contributed by atoms with Crippen molar-refractivity contribution < 1.29 is 0 Å². The molecule has 1 aliphatic heterocycles. The van der Waals surface area contributed by atoms with Crippen LogP contribution in [0.25, 0.3) is 21.8 Å². The van der Waals surface area contributed by atoms with Gasteiger partial charge in [0.25, 0.3) is 0 Å². The number of halogens is 6. The second-order valence-corrected chi connectivity index (χ2v) is 8.01. The van der Waals surface area contributed by atoms with Gasteiger partial charge in [0.15, 0.2) is 0 Å². The van der Waals surface area contributed by atoms with Crippen molar-refractivity contribution in [3.05, 3.63) is 43.2 Å². The predicted molar refractivity (Wildman–Crippen MR) is 112 cm³/mol. The Balaban J connectivity index is 2.36. The Morgan fingerprint density at radius 1 is 0.815 bits per heavy atom. The highest BCUT2D eigenvalue weighted by Gasteiger charge is 2.28. The normalized spacial score (nSPS) is 17.4. The molecule has 0 saturated carbocycles. The first-order valence-corrected chi connectivity index (χ1v) is 9.86. The number of aromatic nitrogens is 4. The molecule has 1 aromatic carbocycles. The maximum atomic E-state index is 6.52. The second-order valence-electron chi connectivity index (χ2n) is 5.87. The summed E-state index contributed by atoms with van der Waals surface area (Å²) in [6.07, 6.45) is 2.36. The van der Waals surface area contributed by atoms with Gasteiger partial charge in [-0.15, -0.1) is 0 Å². The van der Waals surface area contributed by atoms with Crippen molar-refractivity contribution in [2.45, 2.75) is 19.3 Å². The van der Waals surface area contributed by atoms with Gasteiger partial charge in [-0.3, -0.25) is 0 Å². The predicted octanol–water partition coefficient (Wildman–Crippen LogP) is 6.76. The van der Waals surface area contributed by atoms with Crippen molar-refractivity contribution in [3.8, 4) is 0 Å². The van der Waals surface area contributed by atoms with Crippen molar-refractivity contribution in [3.63, 3.8) is 0 Å². The Labute approximate surface area is 183 Å². The van der Waals surface area contributed by atoms with Gasteiger partial charge in [0, 0.05) is 10.9 Å². The molecule has 0 N–H and O–H groups in total. The lowest BCUT2D eigenvalue weighted by Gasteiger charge is -2.21. The molecule has 0 radical (unpaired) electrons. The summed E-state index contributed by atoms with van der Waals surface area (Å²) in [5, 5.41) is 1.55. The van der Waals surface area contributed by atoms with E-state index in [1.54, 1.807) is 6.08 Å². The Hall–Kier alpha value is -0.950. The molecule has 27 heavy (non-hydrogen) atoms. The summed E-state index contributed by atoms with van der Waals surface area (Å²) in [6.45, 7) is 2.00. The highest BCUT2D eigenvalue weighted by atomic mass is 35.5. The third kappa shape index (κ3) is 3.24. The van der Waals surface area contributed by atoms with Crippen molar-refractivity contribution in [1.29, 1.82) is 0 Å². The molecule has 3 heterocycles. The van der Waals surface area contributed by atoms with Crippen molar-refractivity contribution >= 4 is 96.6 Å². The van der Waals surface area contributed by atoms with Crippen LogP contribution in [0.1, 0.15) is 30.4 Å². The summed E-state index contributed by atoms with van der Waals surface area (Å²) in [6, 6.07) is 0. The van der Waals surface area contributed by atoms with Gasteiger partial charge < -0.3 is 0 Å². The van der Waals surface area contributed by atoms with Crippen LogP contribution < -0.4 is 0 Å². The minimum Gasteiger partial charge on any atom is -0.224 e. The van der Waals surface area contributed by atoms with Crippen molar-refractivity contribution in [2.24, 2.45) is 4.99 Å². The smallest absolute Gasteiger partial charge is 0.224 e. The van der Waals surface area contributed by atoms with Crippen LogP contribution in [0.4, 0.5) is 0 Å². The highest BCUT2D eigenvalue weighted by molar-refractivity contribution is 6.71. The zero-order valence-corrected chi connectivity index (χ0v) is 17.9. The molecule has 0 bridgehead atoms. The van der Waals surface area contributed by atoms with Crippen LogP contribution in [-0.2, 0) is 0 Å². The monoisotopic (exact) mass is 479 g/mol. The molecule has 0 saturated heterocycles. The first kappa shape index (κ1) is 19.4. The van der Waals surface area contributed by atoms with E-state index in [1.807, 2.05) is 6.92 Å². The fourth-order valence-corrected chi connectivity index (χ4v) is 4.62. The lowest BCUT2D eigenvalue weighted by Crippen LogP contribution is -2.10. The van der Waals surface area contributed by atoms with Gasteiger partial charge in [-0.25, -0.2) is 24.9 Å². The molecule has 5 nitrogen and oxygen atoms in total. The number of hydrogen-bond acceptors (Lipinski definition) is 5. The molecule has 1 unspecified atom stereocenters. The Kier molecular flexibility index (Phi) is 5.12. The summed E-state index contributed by atoms with van der Waals surface area (Å²) in [4.78, 5) is 21.0. The molecule has 2 aromatic heterocycles. The summed E-state index contributed by atoms with van der Waals surface area (Å²) in [5.41, 5.74) is 2.08. The van der Waals surface area contributed by atoms with Gasteiger partial charge in [-0.05, 0) is 47.2 Å². The van der Waals surface area contributed by atoms with Gasteiger partial charge in [0.1, 0.15) is 20.6 Å². The molecular weight excluding hydrogens is 475 g/mol. The van der Waals surface area contributed by atoms with E-state index >= 15 is 0 Å². The van der Waals surface area contributed by atoms with E-state index in [0.29, 0.717) is 33.8 Å². The van der Waals surface area contributed by atoms with E-state index in [0.717, 1.165) is 5.56 Å². The molecular formula is C16H7Cl6N5. The quantitative estimate of drug-likeness (QED) is 0.154. The summed E-state index contributed by atoms with van der Waals surface area (Å²) < 4.78 is 0. The van der Waals surface area contributed by atoms with Crippen molar-refractivity contribution in [1.82, 2.24) is 19.9 Å². The molecule has 138 valence electrons. The minimum atomic E-state index is -0.0558. The molecule has 11 heteroatoms. The summed E-state index contributed by atoms with van der Waals surface area (Å²) >= 11 is 37.6. The molecule has 1 atom stereocenters. The van der Waals surface area contributed by atoms with E-state index in [1.165, 1.54) is 0 Å². The maximum absolute atomic E-state index is 6.52. The lowest BCUT2D eigenvalue weighted by molar-refractivity contribution is 0.782. The fraction of sp³-hybridized carbons (Fsp3) is 0.188. The molecule has 1 aliphatic rings. The summed E-state index contributed by atoms with van der Waals surface area (Å²) in [7, 11) is 0. The average Bonchev–Trinajstić information content (AvgIpc) is 2.56. The van der Waals surface area contributed by atoms with Gasteiger partial charge in [-0.2, -0.15) is 0 Å². The standard InChI is InChI=1S/C16H7Cl6N5/c1-4-2-3-5(17)23-12(18)7-6(4)8-11(25-15(21)26-13(8)19)9-10(7)24-16(22)27-14(9)20/h3-4H,2H2,1H3. The van der Waals surface area contributed by atoms with E-state index in [4.69, 9.17) is 69.6 Å². The van der Waals surface area contributed by atoms with Gasteiger partial charge in [0.05, 0.1) is 16.4 Å². The number of benzene rings is 1. The zero-order chi connectivity index (χ0) is 19.5. The second kappa shape index (κ2) is 7.14. The Morgan fingerprint density at radius 2 is 1.41 bits per heavy atom. The maximum Gasteiger partial charge on any atom is 0.224 e. The third-order valence-electron chi connectivity index (χ3n) is 4.23. The first-order chi connectivity index (χ1) is 12.8. The molecule has 3 aromatic rings. The molecule has 0 aliphatic carbocycles. The SMILES string of the molecule is CC1CC=C(Cl)N=C(Cl)c2c1c1c(Cl)nc(Cl)nc1c1c(Cl)nc(Cl)nc21. The molecule has 0 amide bonds. The largest absolute Gasteiger partial charge is 0.224 e. The minimum absolute atomic E-state index is 0.0269. The number of nitrogens with zero attached hydrogens (tertiary/aromatic N) is 5. The Morgan fingerprint density at radius 3 is 2.07 bits per heavy atom. The van der Waals surface area contributed by atoms with Crippen LogP contribution in [-0.4, -0.2) is 25.1 Å². The van der Waals surface area contributed by atoms with Crippen molar-refractivity contribution in [2.75, 3.05) is 0 Å². The number of hydrogen-bond donors (Lipinski definition) is 0. The first-order valence-electron chi connectivity index (χ1n) is 7.59. The number of aliphatic imine (C=N–C) groups is 1. The van der Waals surface area contributed by atoms with Crippen LogP contribution in [0.15, 0.2) is 16.2 Å². The van der Waals surface area contributed by atoms with Crippen LogP contribution in [0.2, 0.25) is 20.9 Å². The average molecular weight is 482 g/mol. The number of rotatable bonds is 0. The van der Waals surface area contributed by atoms with E-state index in [2.05, 4.69) is 24.9 Å². The molecule has 0 fully saturated rings. The van der Waals surface area contributed by atoms with Crippen LogP contribution in [0.3, 0.4) is 0 Å². The number of fused-ring (bicyclic) bond motifs is 6. The summed E-state index contributed by atoms with van der Waals surface area (Å²) in [5.74, 6) is -0.0558. The lowest BCUT2D eigenvalue weighted by atomic mass is 9.88.